The first kappa shape index (κ1) is 20.7. The lowest BCUT2D eigenvalue weighted by Gasteiger charge is -2.16. The highest BCUT2D eigenvalue weighted by molar-refractivity contribution is 8.02. The monoisotopic (exact) mass is 402 g/mol. The van der Waals surface area contributed by atoms with Gasteiger partial charge in [-0.2, -0.15) is 5.26 Å². The van der Waals surface area contributed by atoms with Crippen LogP contribution in [0, 0.1) is 18.3 Å². The third-order valence-electron chi connectivity index (χ3n) is 3.46. The summed E-state index contributed by atoms with van der Waals surface area (Å²) in [4.78, 5) is 12.5. The van der Waals surface area contributed by atoms with E-state index in [1.165, 1.54) is 11.8 Å². The van der Waals surface area contributed by atoms with Crippen LogP contribution in [0.5, 0.6) is 5.75 Å². The lowest BCUT2D eigenvalue weighted by Crippen LogP contribution is -2.17. The Morgan fingerprint density at radius 3 is 2.52 bits per heavy atom. The summed E-state index contributed by atoms with van der Waals surface area (Å²) in [6.45, 7) is 3.91. The van der Waals surface area contributed by atoms with Gasteiger partial charge in [-0.3, -0.25) is 0 Å². The van der Waals surface area contributed by atoms with Crippen molar-refractivity contribution in [3.63, 3.8) is 0 Å². The Labute approximate surface area is 167 Å². The van der Waals surface area contributed by atoms with Gasteiger partial charge < -0.3 is 14.8 Å². The molecule has 140 valence electrons. The molecule has 0 aromatic heterocycles. The summed E-state index contributed by atoms with van der Waals surface area (Å²) < 4.78 is 11.0. The first-order valence-corrected chi connectivity index (χ1v) is 9.75. The molecule has 0 heterocycles. The van der Waals surface area contributed by atoms with Crippen molar-refractivity contribution in [1.82, 2.24) is 0 Å². The van der Waals surface area contributed by atoms with E-state index < -0.39 is 5.97 Å². The predicted molar refractivity (Wildman–Crippen MR) is 109 cm³/mol. The number of benzene rings is 2. The predicted octanol–water partition coefficient (Wildman–Crippen LogP) is 5.11. The Bertz CT molecular complexity index is 889. The zero-order valence-electron chi connectivity index (χ0n) is 15.2. The molecule has 0 fully saturated rings. The van der Waals surface area contributed by atoms with Gasteiger partial charge in [-0.15, -0.1) is 11.8 Å². The van der Waals surface area contributed by atoms with Gasteiger partial charge in [0.2, 0.25) is 5.76 Å². The molecule has 0 aliphatic carbocycles. The average molecular weight is 403 g/mol. The summed E-state index contributed by atoms with van der Waals surface area (Å²) >= 11 is 7.52. The van der Waals surface area contributed by atoms with Crippen molar-refractivity contribution in [2.45, 2.75) is 13.8 Å². The van der Waals surface area contributed by atoms with Gasteiger partial charge in [0.15, 0.2) is 0 Å². The third-order valence-corrected chi connectivity index (χ3v) is 4.47. The zero-order valence-corrected chi connectivity index (χ0v) is 16.8. The van der Waals surface area contributed by atoms with Crippen LogP contribution in [0.3, 0.4) is 0 Å². The first-order chi connectivity index (χ1) is 13.0. The number of nitriles is 1. The van der Waals surface area contributed by atoms with Crippen molar-refractivity contribution in [3.8, 4) is 11.8 Å². The number of halogens is 1. The molecule has 0 radical (unpaired) electrons. The van der Waals surface area contributed by atoms with E-state index in [0.717, 1.165) is 5.56 Å². The van der Waals surface area contributed by atoms with Crippen molar-refractivity contribution in [3.05, 3.63) is 69.4 Å². The molecule has 1 N–H and O–H groups in total. The van der Waals surface area contributed by atoms with Crippen molar-refractivity contribution < 1.29 is 14.3 Å². The smallest absolute Gasteiger partial charge is 0.377 e. The van der Waals surface area contributed by atoms with Crippen LogP contribution in [0.1, 0.15) is 18.1 Å². The number of aryl methyl sites for hydroxylation is 1. The molecule has 0 bridgehead atoms. The van der Waals surface area contributed by atoms with Gasteiger partial charge in [-0.1, -0.05) is 29.3 Å². The molecule has 2 aromatic rings. The fraction of sp³-hybridized carbons (Fsp3) is 0.200. The summed E-state index contributed by atoms with van der Waals surface area (Å²) in [5.74, 6) is -0.0312. The molecule has 0 amide bonds. The maximum absolute atomic E-state index is 12.5. The highest BCUT2D eigenvalue weighted by Crippen LogP contribution is 2.29. The standard InChI is InChI=1S/C20H19ClN2O3S/c1-4-25-20(24)18(26-15-8-5-13(2)6-9-15)19(27-3)23-17-10-7-14(12-22)11-16(17)21/h5-11,23H,4H2,1-3H3/b19-18+. The number of rotatable bonds is 7. The van der Waals surface area contributed by atoms with Crippen molar-refractivity contribution in [2.24, 2.45) is 0 Å². The van der Waals surface area contributed by atoms with Crippen molar-refractivity contribution >= 4 is 35.0 Å². The summed E-state index contributed by atoms with van der Waals surface area (Å²) in [5, 5.41) is 12.9. The van der Waals surface area contributed by atoms with Gasteiger partial charge in [0.1, 0.15) is 10.8 Å². The number of carbonyl (C=O) groups is 1. The molecule has 0 aliphatic rings. The van der Waals surface area contributed by atoms with E-state index in [4.69, 9.17) is 26.3 Å². The minimum Gasteiger partial charge on any atom is -0.460 e. The Kier molecular flexibility index (Phi) is 7.59. The number of hydrogen-bond acceptors (Lipinski definition) is 6. The number of ether oxygens (including phenoxy) is 2. The lowest BCUT2D eigenvalue weighted by atomic mass is 10.2. The number of esters is 1. The average Bonchev–Trinajstić information content (AvgIpc) is 2.67. The van der Waals surface area contributed by atoms with E-state index in [-0.39, 0.29) is 12.4 Å². The zero-order chi connectivity index (χ0) is 19.8. The molecule has 2 aromatic carbocycles. The largest absolute Gasteiger partial charge is 0.460 e. The SMILES string of the molecule is CCOC(=O)/C(Oc1ccc(C)cc1)=C(/Nc1ccc(C#N)cc1Cl)SC. The van der Waals surface area contributed by atoms with Crippen LogP contribution in [-0.4, -0.2) is 18.8 Å². The topological polar surface area (TPSA) is 71.3 Å². The fourth-order valence-corrected chi connectivity index (χ4v) is 2.86. The molecule has 7 heteroatoms. The third kappa shape index (κ3) is 5.68. The van der Waals surface area contributed by atoms with Crippen LogP contribution >= 0.6 is 23.4 Å². The van der Waals surface area contributed by atoms with Gasteiger partial charge in [-0.25, -0.2) is 4.79 Å². The van der Waals surface area contributed by atoms with Crippen molar-refractivity contribution in [1.29, 1.82) is 5.26 Å². The Hall–Kier alpha value is -2.62. The second-order valence-corrected chi connectivity index (χ2v) is 6.65. The van der Waals surface area contributed by atoms with Crippen LogP contribution in [0.2, 0.25) is 5.02 Å². The molecular weight excluding hydrogens is 384 g/mol. The van der Waals surface area contributed by atoms with Gasteiger partial charge in [0.25, 0.3) is 0 Å². The number of carbonyl (C=O) groups excluding carboxylic acids is 1. The molecular formula is C20H19ClN2O3S. The number of hydrogen-bond donors (Lipinski definition) is 1. The van der Waals surface area contributed by atoms with E-state index in [2.05, 4.69) is 5.32 Å². The molecule has 0 saturated carbocycles. The number of thioether (sulfide) groups is 1. The van der Waals surface area contributed by atoms with Crippen LogP contribution in [0.4, 0.5) is 5.69 Å². The van der Waals surface area contributed by atoms with E-state index in [9.17, 15) is 4.79 Å². The summed E-state index contributed by atoms with van der Waals surface area (Å²) in [7, 11) is 0. The van der Waals surface area contributed by atoms with Gasteiger partial charge in [0, 0.05) is 0 Å². The highest BCUT2D eigenvalue weighted by Gasteiger charge is 2.21. The molecule has 0 unspecified atom stereocenters. The minimum atomic E-state index is -0.584. The quantitative estimate of drug-likeness (QED) is 0.394. The molecule has 27 heavy (non-hydrogen) atoms. The van der Waals surface area contributed by atoms with Crippen molar-refractivity contribution in [2.75, 3.05) is 18.2 Å². The summed E-state index contributed by atoms with van der Waals surface area (Å²) in [6.07, 6.45) is 1.80. The molecule has 0 spiro atoms. The van der Waals surface area contributed by atoms with Gasteiger partial charge in [0.05, 0.1) is 28.9 Å². The highest BCUT2D eigenvalue weighted by atomic mass is 35.5. The maximum atomic E-state index is 12.5. The Morgan fingerprint density at radius 2 is 1.96 bits per heavy atom. The van der Waals surface area contributed by atoms with Gasteiger partial charge in [-0.05, 0) is 50.4 Å². The molecule has 2 rings (SSSR count). The van der Waals surface area contributed by atoms with E-state index in [1.807, 2.05) is 25.1 Å². The second-order valence-electron chi connectivity index (χ2n) is 5.43. The normalized spacial score (nSPS) is 11.2. The van der Waals surface area contributed by atoms with Crippen LogP contribution in [0.15, 0.2) is 53.3 Å². The molecule has 0 aliphatic heterocycles. The number of nitrogens with one attached hydrogen (secondary N) is 1. The van der Waals surface area contributed by atoms with E-state index in [0.29, 0.717) is 27.1 Å². The first-order valence-electron chi connectivity index (χ1n) is 8.15. The molecule has 5 nitrogen and oxygen atoms in total. The molecule has 0 saturated heterocycles. The minimum absolute atomic E-state index is 0.0358. The van der Waals surface area contributed by atoms with E-state index >= 15 is 0 Å². The second kappa shape index (κ2) is 9.91. The Balaban J connectivity index is 2.40. The summed E-state index contributed by atoms with van der Waals surface area (Å²) in [5.41, 5.74) is 2.08. The number of anilines is 1. The fourth-order valence-electron chi connectivity index (χ4n) is 2.11. The van der Waals surface area contributed by atoms with Crippen LogP contribution in [-0.2, 0) is 9.53 Å². The summed E-state index contributed by atoms with van der Waals surface area (Å²) in [6, 6.07) is 14.2. The maximum Gasteiger partial charge on any atom is 0.377 e. The lowest BCUT2D eigenvalue weighted by molar-refractivity contribution is -0.141. The Morgan fingerprint density at radius 1 is 1.26 bits per heavy atom. The van der Waals surface area contributed by atoms with Gasteiger partial charge >= 0.3 is 5.97 Å². The van der Waals surface area contributed by atoms with Crippen LogP contribution in [0.25, 0.3) is 0 Å². The number of nitrogens with zero attached hydrogens (tertiary/aromatic N) is 1. The molecule has 0 atom stereocenters. The van der Waals surface area contributed by atoms with E-state index in [1.54, 1.807) is 43.5 Å². The van der Waals surface area contributed by atoms with Crippen LogP contribution < -0.4 is 10.1 Å².